The van der Waals surface area contributed by atoms with Crippen molar-refractivity contribution in [3.63, 3.8) is 0 Å². The van der Waals surface area contributed by atoms with Gasteiger partial charge in [-0.05, 0) is 64.4 Å². The highest BCUT2D eigenvalue weighted by molar-refractivity contribution is 9.11. The molecule has 0 aliphatic carbocycles. The molecule has 2 aromatic carbocycles. The maximum Gasteiger partial charge on any atom is 0.133 e. The fourth-order valence-electron chi connectivity index (χ4n) is 2.13. The molecule has 0 saturated heterocycles. The third-order valence-electron chi connectivity index (χ3n) is 3.02. The number of rotatable bonds is 4. The molecule has 0 fully saturated rings. The van der Waals surface area contributed by atoms with Gasteiger partial charge < -0.3 is 10.1 Å². The maximum absolute atomic E-state index is 5.28. The van der Waals surface area contributed by atoms with Crippen LogP contribution in [0.15, 0.2) is 49.8 Å². The Morgan fingerprint density at radius 2 is 1.60 bits per heavy atom. The second-order valence-corrected chi connectivity index (χ2v) is 7.00. The summed E-state index contributed by atoms with van der Waals surface area (Å²) in [5.74, 6) is 0.832. The van der Waals surface area contributed by atoms with Crippen LogP contribution in [0.4, 0.5) is 0 Å². The van der Waals surface area contributed by atoms with Crippen molar-refractivity contribution >= 4 is 47.8 Å². The first-order valence-electron chi connectivity index (χ1n) is 6.02. The van der Waals surface area contributed by atoms with Gasteiger partial charge in [-0.15, -0.1) is 0 Å². The summed E-state index contributed by atoms with van der Waals surface area (Å²) in [7, 11) is 3.62. The van der Waals surface area contributed by atoms with Crippen molar-refractivity contribution in [3.8, 4) is 5.75 Å². The van der Waals surface area contributed by atoms with Gasteiger partial charge in [0, 0.05) is 8.95 Å². The molecule has 5 heteroatoms. The van der Waals surface area contributed by atoms with Crippen LogP contribution in [-0.2, 0) is 0 Å². The number of hydrogen-bond acceptors (Lipinski definition) is 2. The third kappa shape index (κ3) is 3.64. The van der Waals surface area contributed by atoms with Crippen molar-refractivity contribution in [2.75, 3.05) is 14.2 Å². The van der Waals surface area contributed by atoms with Crippen LogP contribution in [0.3, 0.4) is 0 Å². The van der Waals surface area contributed by atoms with E-state index in [-0.39, 0.29) is 6.04 Å². The zero-order valence-electron chi connectivity index (χ0n) is 11.1. The Hall–Kier alpha value is -0.360. The van der Waals surface area contributed by atoms with E-state index in [1.54, 1.807) is 7.11 Å². The molecule has 0 heterocycles. The summed E-state index contributed by atoms with van der Waals surface area (Å²) in [5.41, 5.74) is 2.36. The monoisotopic (exact) mass is 461 g/mol. The van der Waals surface area contributed by atoms with Crippen LogP contribution in [0.1, 0.15) is 17.2 Å². The molecule has 0 radical (unpaired) electrons. The average molecular weight is 464 g/mol. The predicted octanol–water partition coefficient (Wildman–Crippen LogP) is 5.29. The molecular weight excluding hydrogens is 450 g/mol. The Morgan fingerprint density at radius 1 is 0.950 bits per heavy atom. The van der Waals surface area contributed by atoms with Gasteiger partial charge in [0.1, 0.15) is 5.75 Å². The lowest BCUT2D eigenvalue weighted by molar-refractivity contribution is 0.412. The first-order chi connectivity index (χ1) is 9.55. The molecule has 0 amide bonds. The predicted molar refractivity (Wildman–Crippen MR) is 93.4 cm³/mol. The van der Waals surface area contributed by atoms with Crippen molar-refractivity contribution in [3.05, 3.63) is 60.9 Å². The minimum absolute atomic E-state index is 0.117. The quantitative estimate of drug-likeness (QED) is 0.665. The molecule has 1 N–H and O–H groups in total. The fraction of sp³-hybridized carbons (Fsp3) is 0.200. The van der Waals surface area contributed by atoms with E-state index in [1.807, 2.05) is 19.2 Å². The molecule has 0 aliphatic heterocycles. The van der Waals surface area contributed by atoms with Gasteiger partial charge in [0.15, 0.2) is 0 Å². The minimum atomic E-state index is 0.117. The van der Waals surface area contributed by atoms with Gasteiger partial charge in [0.2, 0.25) is 0 Å². The zero-order chi connectivity index (χ0) is 14.7. The molecule has 0 bridgehead atoms. The standard InChI is InChI=1S/C15H14Br3NO/c1-19-15(10-5-11(16)8-12(17)6-10)9-3-4-14(20-2)13(18)7-9/h3-8,15,19H,1-2H3. The molecule has 2 aromatic rings. The number of ether oxygens (including phenoxy) is 1. The molecule has 0 spiro atoms. The van der Waals surface area contributed by atoms with Gasteiger partial charge >= 0.3 is 0 Å². The Kier molecular flexibility index (Phi) is 5.66. The molecule has 1 unspecified atom stereocenters. The lowest BCUT2D eigenvalue weighted by atomic mass is 9.99. The van der Waals surface area contributed by atoms with E-state index in [4.69, 9.17) is 4.74 Å². The smallest absolute Gasteiger partial charge is 0.133 e. The lowest BCUT2D eigenvalue weighted by Crippen LogP contribution is -2.17. The summed E-state index contributed by atoms with van der Waals surface area (Å²) in [6.45, 7) is 0. The molecule has 106 valence electrons. The van der Waals surface area contributed by atoms with Crippen molar-refractivity contribution in [1.82, 2.24) is 5.32 Å². The topological polar surface area (TPSA) is 21.3 Å². The highest BCUT2D eigenvalue weighted by Crippen LogP contribution is 2.32. The van der Waals surface area contributed by atoms with Crippen molar-refractivity contribution in [2.24, 2.45) is 0 Å². The number of hydrogen-bond donors (Lipinski definition) is 1. The summed E-state index contributed by atoms with van der Waals surface area (Å²) in [4.78, 5) is 0. The van der Waals surface area contributed by atoms with Crippen molar-refractivity contribution in [2.45, 2.75) is 6.04 Å². The largest absolute Gasteiger partial charge is 0.496 e. The van der Waals surface area contributed by atoms with Crippen LogP contribution in [-0.4, -0.2) is 14.2 Å². The fourth-order valence-corrected chi connectivity index (χ4v) is 4.02. The van der Waals surface area contributed by atoms with E-state index >= 15 is 0 Å². The van der Waals surface area contributed by atoms with E-state index in [9.17, 15) is 0 Å². The average Bonchev–Trinajstić information content (AvgIpc) is 2.38. The molecule has 2 nitrogen and oxygen atoms in total. The highest BCUT2D eigenvalue weighted by Gasteiger charge is 2.14. The van der Waals surface area contributed by atoms with Crippen LogP contribution in [0.2, 0.25) is 0 Å². The van der Waals surface area contributed by atoms with Gasteiger partial charge in [-0.1, -0.05) is 37.9 Å². The summed E-state index contributed by atoms with van der Waals surface area (Å²) in [6, 6.07) is 12.5. The van der Waals surface area contributed by atoms with Crippen molar-refractivity contribution in [1.29, 1.82) is 0 Å². The SMILES string of the molecule is CNC(c1cc(Br)cc(Br)c1)c1ccc(OC)c(Br)c1. The Balaban J connectivity index is 2.44. The number of benzene rings is 2. The molecule has 1 atom stereocenters. The number of nitrogens with one attached hydrogen (secondary N) is 1. The van der Waals surface area contributed by atoms with Gasteiger partial charge in [-0.3, -0.25) is 0 Å². The normalized spacial score (nSPS) is 12.2. The number of methoxy groups -OCH3 is 1. The molecule has 0 aliphatic rings. The van der Waals surface area contributed by atoms with E-state index in [0.29, 0.717) is 0 Å². The molecule has 0 saturated carbocycles. The maximum atomic E-state index is 5.28. The van der Waals surface area contributed by atoms with Gasteiger partial charge in [-0.25, -0.2) is 0 Å². The number of halogens is 3. The summed E-state index contributed by atoms with van der Waals surface area (Å²) >= 11 is 10.6. The Bertz CT molecular complexity index is 596. The molecule has 0 aromatic heterocycles. The van der Waals surface area contributed by atoms with E-state index < -0.39 is 0 Å². The van der Waals surface area contributed by atoms with Crippen LogP contribution in [0.25, 0.3) is 0 Å². The first kappa shape index (κ1) is 16.0. The van der Waals surface area contributed by atoms with E-state index in [0.717, 1.165) is 19.2 Å². The summed E-state index contributed by atoms with van der Waals surface area (Å²) in [6.07, 6.45) is 0. The van der Waals surface area contributed by atoms with Crippen LogP contribution >= 0.6 is 47.8 Å². The first-order valence-corrected chi connectivity index (χ1v) is 8.39. The lowest BCUT2D eigenvalue weighted by Gasteiger charge is -2.19. The van der Waals surface area contributed by atoms with Crippen LogP contribution < -0.4 is 10.1 Å². The van der Waals surface area contributed by atoms with Crippen molar-refractivity contribution < 1.29 is 4.74 Å². The van der Waals surface area contributed by atoms with E-state index in [2.05, 4.69) is 77.4 Å². The molecule has 20 heavy (non-hydrogen) atoms. The second-order valence-electron chi connectivity index (χ2n) is 4.32. The van der Waals surface area contributed by atoms with Gasteiger partial charge in [0.25, 0.3) is 0 Å². The summed E-state index contributed by atoms with van der Waals surface area (Å²) < 4.78 is 8.33. The molecular formula is C15H14Br3NO. The second kappa shape index (κ2) is 7.07. The van der Waals surface area contributed by atoms with Gasteiger partial charge in [0.05, 0.1) is 17.6 Å². The van der Waals surface area contributed by atoms with Crippen LogP contribution in [0.5, 0.6) is 5.75 Å². The Labute approximate surface area is 144 Å². The van der Waals surface area contributed by atoms with E-state index in [1.165, 1.54) is 11.1 Å². The Morgan fingerprint density at radius 3 is 2.10 bits per heavy atom. The zero-order valence-corrected chi connectivity index (χ0v) is 15.8. The highest BCUT2D eigenvalue weighted by atomic mass is 79.9. The minimum Gasteiger partial charge on any atom is -0.496 e. The van der Waals surface area contributed by atoms with Crippen LogP contribution in [0, 0.1) is 0 Å². The molecule has 2 rings (SSSR count). The summed E-state index contributed by atoms with van der Waals surface area (Å²) in [5, 5.41) is 3.35. The third-order valence-corrected chi connectivity index (χ3v) is 4.55. The van der Waals surface area contributed by atoms with Gasteiger partial charge in [-0.2, -0.15) is 0 Å².